The predicted octanol–water partition coefficient (Wildman–Crippen LogP) is 3.45. The highest BCUT2D eigenvalue weighted by Crippen LogP contribution is 2.20. The smallest absolute Gasteiger partial charge is 0.257 e. The zero-order chi connectivity index (χ0) is 19.2. The molecule has 2 heterocycles. The Labute approximate surface area is 159 Å². The zero-order valence-corrected chi connectivity index (χ0v) is 14.7. The summed E-state index contributed by atoms with van der Waals surface area (Å²) in [6.07, 6.45) is 5.97. The van der Waals surface area contributed by atoms with E-state index in [1.54, 1.807) is 24.5 Å². The first-order valence-electron chi connectivity index (χ1n) is 7.91. The summed E-state index contributed by atoms with van der Waals surface area (Å²) in [5, 5.41) is 5.23. The molecule has 0 saturated carbocycles. The predicted molar refractivity (Wildman–Crippen MR) is 99.0 cm³/mol. The van der Waals surface area contributed by atoms with E-state index in [9.17, 15) is 14.0 Å². The lowest BCUT2D eigenvalue weighted by Crippen LogP contribution is -2.23. The van der Waals surface area contributed by atoms with Gasteiger partial charge in [-0.3, -0.25) is 19.6 Å². The molecular formula is C19H14ClFN4O2. The Kier molecular flexibility index (Phi) is 5.73. The molecule has 2 amide bonds. The van der Waals surface area contributed by atoms with Crippen LogP contribution in [0.15, 0.2) is 61.2 Å². The first kappa shape index (κ1) is 18.5. The average Bonchev–Trinajstić information content (AvgIpc) is 2.70. The van der Waals surface area contributed by atoms with Crippen LogP contribution < -0.4 is 10.6 Å². The fourth-order valence-corrected chi connectivity index (χ4v) is 2.43. The van der Waals surface area contributed by atoms with Crippen molar-refractivity contribution in [3.63, 3.8) is 0 Å². The normalized spacial score (nSPS) is 10.3. The first-order valence-corrected chi connectivity index (χ1v) is 8.29. The number of pyridine rings is 2. The van der Waals surface area contributed by atoms with Crippen molar-refractivity contribution < 1.29 is 14.0 Å². The molecule has 3 rings (SSSR count). The second-order valence-electron chi connectivity index (χ2n) is 5.58. The van der Waals surface area contributed by atoms with E-state index < -0.39 is 11.7 Å². The van der Waals surface area contributed by atoms with E-state index in [1.165, 1.54) is 30.6 Å². The molecule has 0 aliphatic heterocycles. The van der Waals surface area contributed by atoms with Crippen molar-refractivity contribution >= 4 is 29.1 Å². The van der Waals surface area contributed by atoms with Crippen molar-refractivity contribution in [1.82, 2.24) is 15.3 Å². The third-order valence-corrected chi connectivity index (χ3v) is 3.93. The van der Waals surface area contributed by atoms with Crippen molar-refractivity contribution in [2.75, 3.05) is 5.32 Å². The Morgan fingerprint density at radius 1 is 0.963 bits per heavy atom. The maximum Gasteiger partial charge on any atom is 0.257 e. The molecule has 6 nitrogen and oxygen atoms in total. The van der Waals surface area contributed by atoms with Gasteiger partial charge in [-0.25, -0.2) is 4.39 Å². The highest BCUT2D eigenvalue weighted by Gasteiger charge is 2.12. The Bertz CT molecular complexity index is 982. The quantitative estimate of drug-likeness (QED) is 0.705. The molecule has 1 aromatic carbocycles. The van der Waals surface area contributed by atoms with Crippen LogP contribution >= 0.6 is 11.6 Å². The van der Waals surface area contributed by atoms with E-state index in [0.29, 0.717) is 12.2 Å². The molecule has 8 heteroatoms. The van der Waals surface area contributed by atoms with Gasteiger partial charge in [-0.2, -0.15) is 0 Å². The van der Waals surface area contributed by atoms with E-state index in [1.807, 2.05) is 0 Å². The average molecular weight is 385 g/mol. The van der Waals surface area contributed by atoms with Gasteiger partial charge in [0.15, 0.2) is 0 Å². The third-order valence-electron chi connectivity index (χ3n) is 3.64. The molecule has 3 aromatic rings. The van der Waals surface area contributed by atoms with Crippen LogP contribution in [0.2, 0.25) is 5.02 Å². The Balaban J connectivity index is 1.67. The summed E-state index contributed by atoms with van der Waals surface area (Å²) in [5.74, 6) is -1.43. The van der Waals surface area contributed by atoms with Gasteiger partial charge in [0.2, 0.25) is 0 Å². The van der Waals surface area contributed by atoms with E-state index in [0.717, 1.165) is 11.6 Å². The van der Waals surface area contributed by atoms with Gasteiger partial charge in [0, 0.05) is 37.0 Å². The van der Waals surface area contributed by atoms with Gasteiger partial charge in [0.05, 0.1) is 16.1 Å². The van der Waals surface area contributed by atoms with Crippen LogP contribution in [0.3, 0.4) is 0 Å². The van der Waals surface area contributed by atoms with E-state index >= 15 is 0 Å². The van der Waals surface area contributed by atoms with Crippen LogP contribution in [0.4, 0.5) is 10.1 Å². The first-order chi connectivity index (χ1) is 13.0. The molecule has 0 spiro atoms. The summed E-state index contributed by atoms with van der Waals surface area (Å²) in [6.45, 7) is 0.325. The molecule has 0 aliphatic rings. The van der Waals surface area contributed by atoms with Gasteiger partial charge < -0.3 is 10.6 Å². The molecule has 0 fully saturated rings. The molecule has 136 valence electrons. The van der Waals surface area contributed by atoms with Crippen molar-refractivity contribution in [2.24, 2.45) is 0 Å². The summed E-state index contributed by atoms with van der Waals surface area (Å²) < 4.78 is 13.2. The van der Waals surface area contributed by atoms with Gasteiger partial charge in [0.25, 0.3) is 11.8 Å². The number of hydrogen-bond donors (Lipinski definition) is 2. The van der Waals surface area contributed by atoms with E-state index in [4.69, 9.17) is 11.6 Å². The summed E-state index contributed by atoms with van der Waals surface area (Å²) >= 11 is 5.70. The van der Waals surface area contributed by atoms with Gasteiger partial charge in [0.1, 0.15) is 5.82 Å². The van der Waals surface area contributed by atoms with Crippen LogP contribution in [0.1, 0.15) is 26.3 Å². The molecular weight excluding hydrogens is 371 g/mol. The van der Waals surface area contributed by atoms with E-state index in [2.05, 4.69) is 20.6 Å². The fourth-order valence-electron chi connectivity index (χ4n) is 2.25. The van der Waals surface area contributed by atoms with Crippen LogP contribution in [-0.4, -0.2) is 21.8 Å². The minimum Gasteiger partial charge on any atom is -0.348 e. The Morgan fingerprint density at radius 2 is 1.67 bits per heavy atom. The molecule has 0 bridgehead atoms. The number of benzene rings is 1. The van der Waals surface area contributed by atoms with Crippen molar-refractivity contribution in [3.05, 3.63) is 88.7 Å². The summed E-state index contributed by atoms with van der Waals surface area (Å²) in [4.78, 5) is 32.5. The highest BCUT2D eigenvalue weighted by molar-refractivity contribution is 6.31. The van der Waals surface area contributed by atoms with Crippen LogP contribution in [0.5, 0.6) is 0 Å². The zero-order valence-electron chi connectivity index (χ0n) is 13.9. The molecule has 0 aliphatic carbocycles. The number of anilines is 1. The maximum atomic E-state index is 13.2. The van der Waals surface area contributed by atoms with Gasteiger partial charge in [-0.05, 0) is 42.0 Å². The number of rotatable bonds is 5. The standard InChI is InChI=1S/C19H14ClFN4O2/c20-16-8-15(1-2-17(16)21)25-19(27)14-7-13(10-23-11-14)18(26)24-9-12-3-5-22-6-4-12/h1-8,10-11H,9H2,(H,24,26)(H,25,27). The number of nitrogens with one attached hydrogen (secondary N) is 2. The minimum absolute atomic E-state index is 0.102. The number of carbonyl (C=O) groups excluding carboxylic acids is 2. The third kappa shape index (κ3) is 4.86. The second kappa shape index (κ2) is 8.37. The van der Waals surface area contributed by atoms with Gasteiger partial charge in [-0.15, -0.1) is 0 Å². The molecule has 2 N–H and O–H groups in total. The molecule has 0 unspecified atom stereocenters. The number of nitrogens with zero attached hydrogens (tertiary/aromatic N) is 2. The lowest BCUT2D eigenvalue weighted by Gasteiger charge is -2.08. The van der Waals surface area contributed by atoms with E-state index in [-0.39, 0.29) is 22.1 Å². The number of halogens is 2. The molecule has 27 heavy (non-hydrogen) atoms. The van der Waals surface area contributed by atoms with Gasteiger partial charge >= 0.3 is 0 Å². The fraction of sp³-hybridized carbons (Fsp3) is 0.0526. The van der Waals surface area contributed by atoms with Gasteiger partial charge in [-0.1, -0.05) is 11.6 Å². The molecule has 0 saturated heterocycles. The number of hydrogen-bond acceptors (Lipinski definition) is 4. The van der Waals surface area contributed by atoms with Crippen molar-refractivity contribution in [2.45, 2.75) is 6.54 Å². The lowest BCUT2D eigenvalue weighted by atomic mass is 10.1. The maximum absolute atomic E-state index is 13.2. The van der Waals surface area contributed by atoms with Crippen molar-refractivity contribution in [3.8, 4) is 0 Å². The summed E-state index contributed by atoms with van der Waals surface area (Å²) in [6, 6.07) is 8.84. The molecule has 0 radical (unpaired) electrons. The van der Waals surface area contributed by atoms with Crippen LogP contribution in [-0.2, 0) is 6.54 Å². The number of amides is 2. The van der Waals surface area contributed by atoms with Crippen LogP contribution in [0, 0.1) is 5.82 Å². The van der Waals surface area contributed by atoms with Crippen LogP contribution in [0.25, 0.3) is 0 Å². The monoisotopic (exact) mass is 384 g/mol. The lowest BCUT2D eigenvalue weighted by molar-refractivity contribution is 0.0950. The van der Waals surface area contributed by atoms with Crippen molar-refractivity contribution in [1.29, 1.82) is 0 Å². The number of aromatic nitrogens is 2. The summed E-state index contributed by atoms with van der Waals surface area (Å²) in [5.41, 5.74) is 1.66. The highest BCUT2D eigenvalue weighted by atomic mass is 35.5. The number of carbonyl (C=O) groups is 2. The largest absolute Gasteiger partial charge is 0.348 e. The Hall–Kier alpha value is -3.32. The topological polar surface area (TPSA) is 84.0 Å². The SMILES string of the molecule is O=C(NCc1ccncc1)c1cncc(C(=O)Nc2ccc(F)c(Cl)c2)c1. The Morgan fingerprint density at radius 3 is 2.37 bits per heavy atom. The molecule has 0 atom stereocenters. The second-order valence-corrected chi connectivity index (χ2v) is 5.99. The summed E-state index contributed by atoms with van der Waals surface area (Å²) in [7, 11) is 0. The molecule has 2 aromatic heterocycles. The minimum atomic E-state index is -0.579.